The van der Waals surface area contributed by atoms with E-state index in [1.165, 1.54) is 0 Å². The van der Waals surface area contributed by atoms with Crippen LogP contribution in [0, 0.1) is 0 Å². The average molecular weight is 122 g/mol. The second kappa shape index (κ2) is 1.67. The lowest BCUT2D eigenvalue weighted by atomic mass is 11.0. The first kappa shape index (κ1) is 4.23. The summed E-state index contributed by atoms with van der Waals surface area (Å²) in [5.74, 6) is 0. The van der Waals surface area contributed by atoms with Gasteiger partial charge in [0.25, 0.3) is 0 Å². The van der Waals surface area contributed by atoms with Gasteiger partial charge >= 0.3 is 0 Å². The second-order valence-electron chi connectivity index (χ2n) is 0.872. The molecule has 0 radical (unpaired) electrons. The van der Waals surface area contributed by atoms with E-state index in [0.717, 1.165) is 0 Å². The number of hydrogen-bond donors (Lipinski definition) is 2. The lowest BCUT2D eigenvalue weighted by molar-refractivity contribution is 1.43. The molecule has 0 fully saturated rings. The second-order valence-corrected chi connectivity index (χ2v) is 2.96. The zero-order valence-electron chi connectivity index (χ0n) is 2.98. The summed E-state index contributed by atoms with van der Waals surface area (Å²) in [5, 5.41) is 5.72. The predicted molar refractivity (Wildman–Crippen MR) is 28.2 cm³/mol. The predicted octanol–water partition coefficient (Wildman–Crippen LogP) is 1.12. The Morgan fingerprint density at radius 2 is 1.83 bits per heavy atom. The molecule has 2 nitrogen and oxygen atoms in total. The molecule has 1 heterocycles. The molecule has 0 saturated heterocycles. The number of halogens is 1. The molecule has 0 saturated carbocycles. The maximum Gasteiger partial charge on any atom is 0.191 e. The van der Waals surface area contributed by atoms with Crippen LogP contribution in [0.1, 0.15) is 0 Å². The van der Waals surface area contributed by atoms with E-state index in [9.17, 15) is 0 Å². The van der Waals surface area contributed by atoms with Crippen LogP contribution < -0.4 is 10.2 Å². The van der Waals surface area contributed by atoms with Gasteiger partial charge in [-0.1, -0.05) is 0 Å². The molecule has 1 aliphatic heterocycles. The van der Waals surface area contributed by atoms with Gasteiger partial charge in [0.15, 0.2) is 7.58 Å². The van der Waals surface area contributed by atoms with Gasteiger partial charge in [-0.2, -0.15) is 0 Å². The Morgan fingerprint density at radius 3 is 2.00 bits per heavy atom. The third kappa shape index (κ3) is 0.763. The van der Waals surface area contributed by atoms with E-state index in [2.05, 4.69) is 10.2 Å². The highest BCUT2D eigenvalue weighted by molar-refractivity contribution is 7.81. The molecule has 4 heteroatoms. The quantitative estimate of drug-likeness (QED) is 0.471. The maximum absolute atomic E-state index is 5.49. The Bertz CT molecular complexity index is 65.9. The van der Waals surface area contributed by atoms with E-state index < -0.39 is 7.58 Å². The molecule has 0 atom stereocenters. The summed E-state index contributed by atoms with van der Waals surface area (Å²) in [6, 6.07) is 0. The topological polar surface area (TPSA) is 24.1 Å². The summed E-state index contributed by atoms with van der Waals surface area (Å²) >= 11 is 5.49. The Hall–Kier alpha value is 0.0600. The molecule has 1 aliphatic rings. The first-order valence-electron chi connectivity index (χ1n) is 1.53. The van der Waals surface area contributed by atoms with Gasteiger partial charge in [0.2, 0.25) is 0 Å². The summed E-state index contributed by atoms with van der Waals surface area (Å²) < 4.78 is 0. The van der Waals surface area contributed by atoms with Gasteiger partial charge in [0.1, 0.15) is 0 Å². The van der Waals surface area contributed by atoms with Crippen molar-refractivity contribution in [3.63, 3.8) is 0 Å². The third-order valence-corrected chi connectivity index (χ3v) is 1.80. The van der Waals surface area contributed by atoms with Crippen LogP contribution in [-0.2, 0) is 0 Å². The van der Waals surface area contributed by atoms with Gasteiger partial charge in [0, 0.05) is 12.4 Å². The lowest BCUT2D eigenvalue weighted by Crippen LogP contribution is -1.91. The summed E-state index contributed by atoms with van der Waals surface area (Å²) in [4.78, 5) is 0. The lowest BCUT2D eigenvalue weighted by Gasteiger charge is -1.95. The highest BCUT2D eigenvalue weighted by Gasteiger charge is 1.99. The minimum absolute atomic E-state index is 0.604. The normalized spacial score (nSPS) is 20.2. The van der Waals surface area contributed by atoms with Gasteiger partial charge in [-0.05, 0) is 11.2 Å². The number of nitrogens with one attached hydrogen (secondary N) is 2. The fourth-order valence-corrected chi connectivity index (χ4v) is 1.07. The molecular formula is C2H4ClN2P. The van der Waals surface area contributed by atoms with Crippen LogP contribution in [0.25, 0.3) is 0 Å². The molecule has 0 aromatic rings. The van der Waals surface area contributed by atoms with Crippen molar-refractivity contribution >= 4 is 18.8 Å². The zero-order valence-corrected chi connectivity index (χ0v) is 4.63. The highest BCUT2D eigenvalue weighted by Crippen LogP contribution is 2.33. The largest absolute Gasteiger partial charge is 0.340 e. The molecule has 6 heavy (non-hydrogen) atoms. The van der Waals surface area contributed by atoms with Crippen LogP contribution >= 0.6 is 18.8 Å². The highest BCUT2D eigenvalue weighted by atomic mass is 35.7. The van der Waals surface area contributed by atoms with E-state index in [4.69, 9.17) is 11.2 Å². The summed E-state index contributed by atoms with van der Waals surface area (Å²) in [6.45, 7) is 0. The number of hydrogen-bond acceptors (Lipinski definition) is 2. The van der Waals surface area contributed by atoms with E-state index in [1.807, 2.05) is 0 Å². The van der Waals surface area contributed by atoms with Gasteiger partial charge in [-0.15, -0.1) is 0 Å². The van der Waals surface area contributed by atoms with E-state index >= 15 is 0 Å². The van der Waals surface area contributed by atoms with Crippen molar-refractivity contribution in [2.45, 2.75) is 0 Å². The first-order chi connectivity index (χ1) is 2.89. The van der Waals surface area contributed by atoms with Crippen LogP contribution in [-0.4, -0.2) is 0 Å². The van der Waals surface area contributed by atoms with Crippen LogP contribution in [0.5, 0.6) is 0 Å². The summed E-state index contributed by atoms with van der Waals surface area (Å²) in [7, 11) is -0.604. The fourth-order valence-electron chi connectivity index (χ4n) is 0.243. The van der Waals surface area contributed by atoms with Gasteiger partial charge in [0.05, 0.1) is 0 Å². The molecule has 0 aliphatic carbocycles. The Labute approximate surface area is 42.2 Å². The molecule has 0 bridgehead atoms. The van der Waals surface area contributed by atoms with Gasteiger partial charge < -0.3 is 10.2 Å². The minimum Gasteiger partial charge on any atom is -0.340 e. The monoisotopic (exact) mass is 122 g/mol. The minimum atomic E-state index is -0.604. The fraction of sp³-hybridized carbons (Fsp3) is 0. The molecule has 34 valence electrons. The Morgan fingerprint density at radius 1 is 1.33 bits per heavy atom. The zero-order chi connectivity index (χ0) is 4.41. The van der Waals surface area contributed by atoms with Crippen LogP contribution in [0.15, 0.2) is 12.4 Å². The molecule has 0 amide bonds. The Balaban J connectivity index is 2.32. The average Bonchev–Trinajstić information content (AvgIpc) is 1.86. The van der Waals surface area contributed by atoms with E-state index in [-0.39, 0.29) is 0 Å². The van der Waals surface area contributed by atoms with Gasteiger partial charge in [-0.25, -0.2) is 0 Å². The standard InChI is InChI=1S/C2H4ClN2P/c3-6-4-1-2-5-6/h1-2,4-5H. The Kier molecular flexibility index (Phi) is 1.18. The van der Waals surface area contributed by atoms with Crippen LogP contribution in [0.3, 0.4) is 0 Å². The van der Waals surface area contributed by atoms with Crippen molar-refractivity contribution in [1.82, 2.24) is 10.2 Å². The first-order valence-corrected chi connectivity index (χ1v) is 3.77. The maximum atomic E-state index is 5.49. The molecule has 0 unspecified atom stereocenters. The molecule has 1 rings (SSSR count). The van der Waals surface area contributed by atoms with Crippen molar-refractivity contribution in [2.24, 2.45) is 0 Å². The molecular weight excluding hydrogens is 118 g/mol. The van der Waals surface area contributed by atoms with Crippen molar-refractivity contribution in [3.05, 3.63) is 12.4 Å². The molecule has 2 N–H and O–H groups in total. The van der Waals surface area contributed by atoms with Gasteiger partial charge in [-0.3, -0.25) is 0 Å². The SMILES string of the molecule is ClP1NC=CN1. The van der Waals surface area contributed by atoms with Crippen molar-refractivity contribution in [3.8, 4) is 0 Å². The van der Waals surface area contributed by atoms with Crippen LogP contribution in [0.2, 0.25) is 0 Å². The molecule has 0 aromatic heterocycles. The number of rotatable bonds is 0. The summed E-state index contributed by atoms with van der Waals surface area (Å²) in [6.07, 6.45) is 3.58. The van der Waals surface area contributed by atoms with Crippen molar-refractivity contribution < 1.29 is 0 Å². The summed E-state index contributed by atoms with van der Waals surface area (Å²) in [5.41, 5.74) is 0. The molecule has 0 aromatic carbocycles. The van der Waals surface area contributed by atoms with Crippen molar-refractivity contribution in [1.29, 1.82) is 0 Å². The smallest absolute Gasteiger partial charge is 0.191 e. The van der Waals surface area contributed by atoms with E-state index in [0.29, 0.717) is 0 Å². The third-order valence-electron chi connectivity index (χ3n) is 0.459. The van der Waals surface area contributed by atoms with Crippen LogP contribution in [0.4, 0.5) is 0 Å². The van der Waals surface area contributed by atoms with Crippen molar-refractivity contribution in [2.75, 3.05) is 0 Å². The van der Waals surface area contributed by atoms with E-state index in [1.54, 1.807) is 12.4 Å². The molecule has 0 spiro atoms.